The SMILES string of the molecule is COC(=O)c1ccc(CNCCc2ccc[c]c2Cc2ccc(OCCN3CCCC3)cc2)cc1. The third kappa shape index (κ3) is 7.67. The Labute approximate surface area is 209 Å². The number of ether oxygens (including phenoxy) is 2. The van der Waals surface area contributed by atoms with Crippen molar-refractivity contribution < 1.29 is 14.3 Å². The lowest BCUT2D eigenvalue weighted by Crippen LogP contribution is -2.25. The first-order chi connectivity index (χ1) is 17.2. The van der Waals surface area contributed by atoms with E-state index in [1.807, 2.05) is 18.2 Å². The number of nitrogens with zero attached hydrogens (tertiary/aromatic N) is 1. The van der Waals surface area contributed by atoms with Crippen molar-refractivity contribution in [2.45, 2.75) is 32.2 Å². The molecule has 183 valence electrons. The Kier molecular flexibility index (Phi) is 9.32. The van der Waals surface area contributed by atoms with Crippen LogP contribution in [-0.4, -0.2) is 50.8 Å². The molecule has 0 bridgehead atoms. The molecule has 0 spiro atoms. The summed E-state index contributed by atoms with van der Waals surface area (Å²) in [6, 6.07) is 25.7. The van der Waals surface area contributed by atoms with Crippen LogP contribution < -0.4 is 10.1 Å². The lowest BCUT2D eigenvalue weighted by molar-refractivity contribution is 0.0600. The number of benzene rings is 3. The minimum absolute atomic E-state index is 0.308. The van der Waals surface area contributed by atoms with Crippen molar-refractivity contribution >= 4 is 5.97 Å². The smallest absolute Gasteiger partial charge is 0.337 e. The van der Waals surface area contributed by atoms with Crippen LogP contribution in [0.1, 0.15) is 45.5 Å². The van der Waals surface area contributed by atoms with E-state index in [4.69, 9.17) is 9.47 Å². The van der Waals surface area contributed by atoms with Gasteiger partial charge in [0, 0.05) is 13.1 Å². The van der Waals surface area contributed by atoms with Crippen LogP contribution in [0, 0.1) is 6.07 Å². The first-order valence-electron chi connectivity index (χ1n) is 12.5. The minimum atomic E-state index is -0.308. The molecule has 0 aromatic heterocycles. The van der Waals surface area contributed by atoms with E-state index in [2.05, 4.69) is 52.7 Å². The minimum Gasteiger partial charge on any atom is -0.492 e. The van der Waals surface area contributed by atoms with Gasteiger partial charge in [-0.3, -0.25) is 4.90 Å². The fourth-order valence-corrected chi connectivity index (χ4v) is 4.44. The number of methoxy groups -OCH3 is 1. The molecule has 1 aliphatic rings. The molecule has 1 saturated heterocycles. The van der Waals surface area contributed by atoms with Gasteiger partial charge in [0.25, 0.3) is 0 Å². The van der Waals surface area contributed by atoms with Crippen LogP contribution in [0.2, 0.25) is 0 Å². The number of carbonyl (C=O) groups is 1. The summed E-state index contributed by atoms with van der Waals surface area (Å²) >= 11 is 0. The number of rotatable bonds is 12. The van der Waals surface area contributed by atoms with E-state index in [0.717, 1.165) is 50.4 Å². The molecule has 5 heteroatoms. The molecule has 4 rings (SSSR count). The molecule has 0 saturated carbocycles. The highest BCUT2D eigenvalue weighted by atomic mass is 16.5. The van der Waals surface area contributed by atoms with Crippen LogP contribution in [-0.2, 0) is 24.1 Å². The Hall–Kier alpha value is -3.15. The normalized spacial score (nSPS) is 13.6. The van der Waals surface area contributed by atoms with Gasteiger partial charge in [-0.15, -0.1) is 0 Å². The van der Waals surface area contributed by atoms with E-state index in [1.54, 1.807) is 12.1 Å². The van der Waals surface area contributed by atoms with Crippen LogP contribution >= 0.6 is 0 Å². The number of carbonyl (C=O) groups excluding carboxylic acids is 1. The predicted octanol–water partition coefficient (Wildman–Crippen LogP) is 4.67. The molecule has 0 unspecified atom stereocenters. The van der Waals surface area contributed by atoms with Gasteiger partial charge < -0.3 is 14.8 Å². The summed E-state index contributed by atoms with van der Waals surface area (Å²) in [4.78, 5) is 14.0. The molecule has 0 atom stereocenters. The molecule has 0 amide bonds. The van der Waals surface area contributed by atoms with Gasteiger partial charge in [0.1, 0.15) is 12.4 Å². The van der Waals surface area contributed by atoms with Crippen molar-refractivity contribution in [3.63, 3.8) is 0 Å². The van der Waals surface area contributed by atoms with Gasteiger partial charge in [0.15, 0.2) is 0 Å². The van der Waals surface area contributed by atoms with Crippen molar-refractivity contribution in [2.75, 3.05) is 39.9 Å². The van der Waals surface area contributed by atoms with Crippen LogP contribution in [0.5, 0.6) is 5.75 Å². The van der Waals surface area contributed by atoms with Gasteiger partial charge in [0.05, 0.1) is 12.7 Å². The van der Waals surface area contributed by atoms with Gasteiger partial charge in [-0.2, -0.15) is 0 Å². The molecular weight excluding hydrogens is 436 g/mol. The average molecular weight is 472 g/mol. The number of hydrogen-bond donors (Lipinski definition) is 1. The summed E-state index contributed by atoms with van der Waals surface area (Å²) < 4.78 is 10.7. The summed E-state index contributed by atoms with van der Waals surface area (Å²) in [7, 11) is 1.40. The molecule has 1 heterocycles. The first kappa shape index (κ1) is 25.0. The summed E-state index contributed by atoms with van der Waals surface area (Å²) in [5.74, 6) is 0.631. The first-order valence-corrected chi connectivity index (χ1v) is 12.5. The summed E-state index contributed by atoms with van der Waals surface area (Å²) in [6.07, 6.45) is 4.43. The lowest BCUT2D eigenvalue weighted by atomic mass is 9.98. The van der Waals surface area contributed by atoms with Gasteiger partial charge in [0.2, 0.25) is 0 Å². The molecule has 3 aromatic carbocycles. The number of hydrogen-bond acceptors (Lipinski definition) is 5. The summed E-state index contributed by atoms with van der Waals surface area (Å²) in [5, 5.41) is 3.50. The van der Waals surface area contributed by atoms with Crippen molar-refractivity contribution in [1.29, 1.82) is 0 Å². The second-order valence-corrected chi connectivity index (χ2v) is 9.01. The number of nitrogens with one attached hydrogen (secondary N) is 1. The second-order valence-electron chi connectivity index (χ2n) is 9.01. The molecule has 1 fully saturated rings. The molecule has 1 N–H and O–H groups in total. The van der Waals surface area contributed by atoms with Gasteiger partial charge in [-0.05, 0) is 97.9 Å². The number of esters is 1. The molecule has 3 aromatic rings. The van der Waals surface area contributed by atoms with Crippen molar-refractivity contribution in [3.8, 4) is 5.75 Å². The number of likely N-dealkylation sites (tertiary alicyclic amines) is 1. The lowest BCUT2D eigenvalue weighted by Gasteiger charge is -2.15. The van der Waals surface area contributed by atoms with Gasteiger partial charge in [-0.1, -0.05) is 42.5 Å². The van der Waals surface area contributed by atoms with Crippen LogP contribution in [0.4, 0.5) is 0 Å². The Bertz CT molecular complexity index is 1060. The Balaban J connectivity index is 1.23. The highest BCUT2D eigenvalue weighted by molar-refractivity contribution is 5.89. The van der Waals surface area contributed by atoms with Crippen molar-refractivity contribution in [1.82, 2.24) is 10.2 Å². The van der Waals surface area contributed by atoms with E-state index in [0.29, 0.717) is 5.56 Å². The van der Waals surface area contributed by atoms with E-state index in [1.165, 1.54) is 49.7 Å². The van der Waals surface area contributed by atoms with E-state index >= 15 is 0 Å². The topological polar surface area (TPSA) is 50.8 Å². The van der Waals surface area contributed by atoms with Crippen molar-refractivity contribution in [3.05, 3.63) is 101 Å². The second kappa shape index (κ2) is 13.1. The Morgan fingerprint density at radius 1 is 1.00 bits per heavy atom. The fraction of sp³-hybridized carbons (Fsp3) is 0.367. The maximum atomic E-state index is 11.6. The van der Waals surface area contributed by atoms with Gasteiger partial charge >= 0.3 is 5.97 Å². The Morgan fingerprint density at radius 2 is 1.74 bits per heavy atom. The molecular formula is C30H35N2O3. The van der Waals surface area contributed by atoms with Crippen molar-refractivity contribution in [2.24, 2.45) is 0 Å². The van der Waals surface area contributed by atoms with E-state index < -0.39 is 0 Å². The van der Waals surface area contributed by atoms with E-state index in [9.17, 15) is 4.79 Å². The maximum absolute atomic E-state index is 11.6. The highest BCUT2D eigenvalue weighted by Gasteiger charge is 2.11. The zero-order valence-corrected chi connectivity index (χ0v) is 20.6. The monoisotopic (exact) mass is 471 g/mol. The van der Waals surface area contributed by atoms with Crippen LogP contribution in [0.25, 0.3) is 0 Å². The fourth-order valence-electron chi connectivity index (χ4n) is 4.44. The molecule has 0 aliphatic carbocycles. The average Bonchev–Trinajstić information content (AvgIpc) is 3.42. The standard InChI is InChI=1S/C30H35N2O3/c1-34-30(33)27-12-8-25(9-13-27)23-31-17-16-26-6-2-3-7-28(26)22-24-10-14-29(15-11-24)35-21-20-32-18-4-5-19-32/h2-3,6,8-15,31H,4-5,16-23H2,1H3. The summed E-state index contributed by atoms with van der Waals surface area (Å²) in [5.41, 5.74) is 5.52. The molecule has 1 aliphatic heterocycles. The molecule has 5 nitrogen and oxygen atoms in total. The van der Waals surface area contributed by atoms with Crippen LogP contribution in [0.3, 0.4) is 0 Å². The predicted molar refractivity (Wildman–Crippen MR) is 139 cm³/mol. The zero-order valence-electron chi connectivity index (χ0n) is 20.6. The third-order valence-electron chi connectivity index (χ3n) is 6.49. The van der Waals surface area contributed by atoms with Crippen LogP contribution in [0.15, 0.2) is 66.7 Å². The Morgan fingerprint density at radius 3 is 2.49 bits per heavy atom. The zero-order chi connectivity index (χ0) is 24.3. The third-order valence-corrected chi connectivity index (χ3v) is 6.49. The maximum Gasteiger partial charge on any atom is 0.337 e. The molecule has 1 radical (unpaired) electrons. The van der Waals surface area contributed by atoms with Gasteiger partial charge in [-0.25, -0.2) is 4.79 Å². The van der Waals surface area contributed by atoms with E-state index in [-0.39, 0.29) is 5.97 Å². The summed E-state index contributed by atoms with van der Waals surface area (Å²) in [6.45, 7) is 5.80. The molecule has 35 heavy (non-hydrogen) atoms. The largest absolute Gasteiger partial charge is 0.492 e. The highest BCUT2D eigenvalue weighted by Crippen LogP contribution is 2.18. The quantitative estimate of drug-likeness (QED) is 0.307.